The average molecular weight is 473 g/mol. The number of carboxylic acid groups (broad SMARTS) is 2. The van der Waals surface area contributed by atoms with E-state index < -0.39 is 34.1 Å². The van der Waals surface area contributed by atoms with Gasteiger partial charge >= 0.3 is 11.9 Å². The third-order valence-electron chi connectivity index (χ3n) is 4.97. The fraction of sp³-hybridized carbons (Fsp3) is 0.727. The summed E-state index contributed by atoms with van der Waals surface area (Å²) in [6, 6.07) is 7.85. The Bertz CT molecular complexity index is 865. The Morgan fingerprint density at radius 3 is 1.03 bits per heavy atom. The van der Waals surface area contributed by atoms with Crippen molar-refractivity contribution >= 4 is 11.9 Å². The van der Waals surface area contributed by atoms with Crippen LogP contribution in [0.3, 0.4) is 0 Å². The second-order valence-electron chi connectivity index (χ2n) is 8.44. The van der Waals surface area contributed by atoms with Gasteiger partial charge in [0, 0.05) is 12.8 Å². The van der Waals surface area contributed by atoms with E-state index in [1.54, 1.807) is 13.8 Å². The fourth-order valence-electron chi connectivity index (χ4n) is 1.74. The molecule has 184 valence electrons. The van der Waals surface area contributed by atoms with Crippen LogP contribution in [0.5, 0.6) is 0 Å². The third-order valence-corrected chi connectivity index (χ3v) is 4.97. The van der Waals surface area contributed by atoms with Crippen molar-refractivity contribution in [1.82, 2.24) is 0 Å². The number of azo groups is 2. The lowest BCUT2D eigenvalue weighted by Gasteiger charge is -2.18. The molecule has 0 heterocycles. The Labute approximate surface area is 200 Å². The first kappa shape index (κ1) is 32.3. The SMILES string of the molecule is CC(C#N)(CCC(=O)O)/N=N/C(C)(C#N)CCC(=O)O.CCC(C)(C#N)/N=N/C(C)(C#N)CC. The molecule has 0 saturated carbocycles. The first-order chi connectivity index (χ1) is 15.6. The molecule has 4 atom stereocenters. The van der Waals surface area contributed by atoms with E-state index in [4.69, 9.17) is 31.3 Å². The van der Waals surface area contributed by atoms with Gasteiger partial charge in [-0.1, -0.05) is 13.8 Å². The molecule has 0 spiro atoms. The smallest absolute Gasteiger partial charge is 0.303 e. The van der Waals surface area contributed by atoms with Crippen LogP contribution in [-0.2, 0) is 9.59 Å². The van der Waals surface area contributed by atoms with Gasteiger partial charge in [-0.25, -0.2) is 0 Å². The van der Waals surface area contributed by atoms with E-state index in [2.05, 4.69) is 32.6 Å². The van der Waals surface area contributed by atoms with Crippen LogP contribution in [0.15, 0.2) is 20.5 Å². The Hall–Kier alpha value is -3.90. The van der Waals surface area contributed by atoms with Gasteiger partial charge in [-0.3, -0.25) is 9.59 Å². The Balaban J connectivity index is 0. The zero-order chi connectivity index (χ0) is 27.1. The minimum absolute atomic E-state index is 0.0389. The number of hydrogen-bond donors (Lipinski definition) is 2. The molecule has 0 aliphatic carbocycles. The predicted molar refractivity (Wildman–Crippen MR) is 120 cm³/mol. The molecule has 0 aromatic heterocycles. The van der Waals surface area contributed by atoms with Crippen LogP contribution in [0.4, 0.5) is 0 Å². The Kier molecular flexibility index (Phi) is 13.6. The molecule has 0 aromatic carbocycles. The molecule has 0 amide bonds. The van der Waals surface area contributed by atoms with E-state index in [-0.39, 0.29) is 25.7 Å². The molecule has 0 bridgehead atoms. The molecule has 0 aromatic rings. The molecule has 0 aliphatic heterocycles. The molecule has 0 rings (SSSR count). The van der Waals surface area contributed by atoms with Gasteiger partial charge in [0.1, 0.15) is 0 Å². The molecule has 34 heavy (non-hydrogen) atoms. The van der Waals surface area contributed by atoms with Gasteiger partial charge in [0.25, 0.3) is 0 Å². The summed E-state index contributed by atoms with van der Waals surface area (Å²) in [6.45, 7) is 9.99. The van der Waals surface area contributed by atoms with E-state index in [0.717, 1.165) is 0 Å². The number of aliphatic carboxylic acids is 2. The van der Waals surface area contributed by atoms with E-state index in [9.17, 15) is 9.59 Å². The van der Waals surface area contributed by atoms with Crippen molar-refractivity contribution in [2.45, 2.75) is 102 Å². The van der Waals surface area contributed by atoms with Crippen molar-refractivity contribution in [2.75, 3.05) is 0 Å². The van der Waals surface area contributed by atoms with Crippen molar-refractivity contribution in [3.63, 3.8) is 0 Å². The monoisotopic (exact) mass is 472 g/mol. The van der Waals surface area contributed by atoms with Crippen LogP contribution in [0.2, 0.25) is 0 Å². The largest absolute Gasteiger partial charge is 0.481 e. The molecular weight excluding hydrogens is 440 g/mol. The lowest BCUT2D eigenvalue weighted by atomic mass is 9.97. The zero-order valence-electron chi connectivity index (χ0n) is 20.5. The molecule has 0 fully saturated rings. The quantitative estimate of drug-likeness (QED) is 0.382. The summed E-state index contributed by atoms with van der Waals surface area (Å²) >= 11 is 0. The average Bonchev–Trinajstić information content (AvgIpc) is 2.83. The van der Waals surface area contributed by atoms with Crippen LogP contribution in [-0.4, -0.2) is 44.3 Å². The van der Waals surface area contributed by atoms with Gasteiger partial charge in [-0.05, 0) is 53.4 Å². The summed E-state index contributed by atoms with van der Waals surface area (Å²) in [5.41, 5.74) is -4.29. The minimum atomic E-state index is -1.35. The van der Waals surface area contributed by atoms with Gasteiger partial charge in [-0.15, -0.1) is 0 Å². The van der Waals surface area contributed by atoms with Crippen molar-refractivity contribution in [3.05, 3.63) is 0 Å². The number of hydrogen-bond acceptors (Lipinski definition) is 10. The maximum absolute atomic E-state index is 10.5. The second-order valence-corrected chi connectivity index (χ2v) is 8.44. The van der Waals surface area contributed by atoms with Gasteiger partial charge < -0.3 is 10.2 Å². The number of carboxylic acids is 2. The van der Waals surface area contributed by atoms with E-state index in [1.807, 2.05) is 26.0 Å². The van der Waals surface area contributed by atoms with Gasteiger partial charge in [0.15, 0.2) is 22.2 Å². The highest BCUT2D eigenvalue weighted by molar-refractivity contribution is 5.67. The molecule has 2 N–H and O–H groups in total. The van der Waals surface area contributed by atoms with Crippen molar-refractivity contribution in [3.8, 4) is 24.3 Å². The zero-order valence-corrected chi connectivity index (χ0v) is 20.5. The third kappa shape index (κ3) is 12.8. The highest BCUT2D eigenvalue weighted by Gasteiger charge is 2.29. The second kappa shape index (κ2) is 14.3. The van der Waals surface area contributed by atoms with E-state index in [1.165, 1.54) is 13.8 Å². The van der Waals surface area contributed by atoms with Gasteiger partial charge in [0.05, 0.1) is 24.3 Å². The minimum Gasteiger partial charge on any atom is -0.481 e. The van der Waals surface area contributed by atoms with Crippen LogP contribution in [0.25, 0.3) is 0 Å². The van der Waals surface area contributed by atoms with Crippen molar-refractivity contribution in [1.29, 1.82) is 21.0 Å². The maximum atomic E-state index is 10.5. The van der Waals surface area contributed by atoms with Gasteiger partial charge in [0.2, 0.25) is 0 Å². The lowest BCUT2D eigenvalue weighted by Crippen LogP contribution is -2.25. The highest BCUT2D eigenvalue weighted by atomic mass is 16.4. The maximum Gasteiger partial charge on any atom is 0.303 e. The topological polar surface area (TPSA) is 219 Å². The predicted octanol–water partition coefficient (Wildman–Crippen LogP) is 4.56. The molecule has 0 aliphatic rings. The van der Waals surface area contributed by atoms with Gasteiger partial charge in [-0.2, -0.15) is 41.5 Å². The molecule has 12 heteroatoms. The van der Waals surface area contributed by atoms with E-state index in [0.29, 0.717) is 12.8 Å². The summed E-state index contributed by atoms with van der Waals surface area (Å²) < 4.78 is 0. The van der Waals surface area contributed by atoms with Crippen LogP contribution in [0.1, 0.15) is 80.1 Å². The highest BCUT2D eigenvalue weighted by Crippen LogP contribution is 2.23. The summed E-state index contributed by atoms with van der Waals surface area (Å²) in [6.07, 6.45) is 0.616. The van der Waals surface area contributed by atoms with Crippen LogP contribution >= 0.6 is 0 Å². The summed E-state index contributed by atoms with van der Waals surface area (Å²) in [4.78, 5) is 21.0. The normalized spacial score (nSPS) is 17.7. The Morgan fingerprint density at radius 1 is 0.618 bits per heavy atom. The first-order valence-corrected chi connectivity index (χ1v) is 10.6. The molecule has 0 radical (unpaired) electrons. The molecular formula is C22H32N8O4. The van der Waals surface area contributed by atoms with E-state index >= 15 is 0 Å². The standard InChI is InChI=1S/C12H16N4O4.C10H16N4/c1-11(7-13,5-3-9(17)18)15-16-12(2,8-14)6-4-10(19)20;1-5-9(3,7-11)13-14-10(4,6-2)8-12/h3-6H2,1-2H3,(H,17,18)(H,19,20);5-6H2,1-4H3/b16-15+;14-13+. The fourth-order valence-corrected chi connectivity index (χ4v) is 1.74. The van der Waals surface area contributed by atoms with Crippen LogP contribution < -0.4 is 0 Å². The molecule has 4 unspecified atom stereocenters. The molecule has 12 nitrogen and oxygen atoms in total. The number of rotatable bonds is 12. The number of nitrogens with zero attached hydrogens (tertiary/aromatic N) is 8. The molecule has 0 saturated heterocycles. The van der Waals surface area contributed by atoms with Crippen molar-refractivity contribution in [2.24, 2.45) is 20.5 Å². The lowest BCUT2D eigenvalue weighted by molar-refractivity contribution is -0.138. The number of nitriles is 4. The summed E-state index contributed by atoms with van der Waals surface area (Å²) in [7, 11) is 0. The Morgan fingerprint density at radius 2 is 0.853 bits per heavy atom. The van der Waals surface area contributed by atoms with Crippen LogP contribution in [0, 0.1) is 45.3 Å². The first-order valence-electron chi connectivity index (χ1n) is 10.6. The van der Waals surface area contributed by atoms with Crippen molar-refractivity contribution < 1.29 is 19.8 Å². The number of carbonyl (C=O) groups is 2. The summed E-state index contributed by atoms with van der Waals surface area (Å²) in [5, 5.41) is 68.3. The summed E-state index contributed by atoms with van der Waals surface area (Å²) in [5.74, 6) is -2.12.